The number of ketones is 1. The van der Waals surface area contributed by atoms with E-state index >= 15 is 0 Å². The fourth-order valence-corrected chi connectivity index (χ4v) is 2.75. The molecule has 3 aromatic rings. The number of nitrogens with one attached hydrogen (secondary N) is 1. The quantitative estimate of drug-likeness (QED) is 0.508. The number of carbonyl (C=O) groups is 2. The smallest absolute Gasteiger partial charge is 0.220 e. The van der Waals surface area contributed by atoms with Crippen molar-refractivity contribution in [1.82, 2.24) is 14.9 Å². The van der Waals surface area contributed by atoms with Crippen LogP contribution < -0.4 is 5.32 Å². The van der Waals surface area contributed by atoms with Crippen LogP contribution in [0.1, 0.15) is 29.6 Å². The third-order valence-electron chi connectivity index (χ3n) is 4.10. The van der Waals surface area contributed by atoms with Crippen LogP contribution in [0.4, 0.5) is 0 Å². The molecule has 1 amide bonds. The van der Waals surface area contributed by atoms with Gasteiger partial charge < -0.3 is 9.88 Å². The molecule has 1 heterocycles. The summed E-state index contributed by atoms with van der Waals surface area (Å²) in [6.45, 7) is 1.38. The molecule has 0 spiro atoms. The van der Waals surface area contributed by atoms with E-state index in [1.54, 1.807) is 12.1 Å². The van der Waals surface area contributed by atoms with Crippen LogP contribution in [0.15, 0.2) is 60.9 Å². The van der Waals surface area contributed by atoms with Crippen molar-refractivity contribution in [3.8, 4) is 0 Å². The van der Waals surface area contributed by atoms with E-state index in [9.17, 15) is 9.59 Å². The Bertz CT molecular complexity index is 856. The molecule has 3 rings (SSSR count). The molecule has 0 unspecified atom stereocenters. The van der Waals surface area contributed by atoms with Gasteiger partial charge in [0.1, 0.15) is 0 Å². The second-order valence-corrected chi connectivity index (χ2v) is 5.92. The highest BCUT2D eigenvalue weighted by Gasteiger charge is 2.08. The first-order valence-corrected chi connectivity index (χ1v) is 8.49. The number of para-hydroxylation sites is 2. The Morgan fingerprint density at radius 1 is 0.960 bits per heavy atom. The molecule has 1 aromatic heterocycles. The summed E-state index contributed by atoms with van der Waals surface area (Å²) in [5, 5.41) is 2.88. The predicted octanol–water partition coefficient (Wildman–Crippen LogP) is 3.21. The number of aryl methyl sites for hydroxylation is 1. The van der Waals surface area contributed by atoms with Crippen LogP contribution in [0.5, 0.6) is 0 Å². The maximum Gasteiger partial charge on any atom is 0.220 e. The third-order valence-corrected chi connectivity index (χ3v) is 4.10. The number of Topliss-reactive ketones (excluding diaryl/α,β-unsaturated/α-hetero) is 1. The van der Waals surface area contributed by atoms with Crippen LogP contribution >= 0.6 is 0 Å². The lowest BCUT2D eigenvalue weighted by Crippen LogP contribution is -2.25. The molecule has 2 aromatic carbocycles. The highest BCUT2D eigenvalue weighted by molar-refractivity contribution is 5.97. The molecule has 0 aliphatic heterocycles. The maximum absolute atomic E-state index is 12.0. The summed E-state index contributed by atoms with van der Waals surface area (Å²) in [4.78, 5) is 28.2. The number of carbonyl (C=O) groups excluding carboxylic acids is 2. The van der Waals surface area contributed by atoms with Crippen molar-refractivity contribution in [2.24, 2.45) is 0 Å². The molecule has 25 heavy (non-hydrogen) atoms. The Labute approximate surface area is 146 Å². The third kappa shape index (κ3) is 4.53. The van der Waals surface area contributed by atoms with E-state index in [2.05, 4.69) is 14.9 Å². The zero-order chi connectivity index (χ0) is 17.5. The highest BCUT2D eigenvalue weighted by Crippen LogP contribution is 2.12. The van der Waals surface area contributed by atoms with Gasteiger partial charge in [0.25, 0.3) is 0 Å². The van der Waals surface area contributed by atoms with E-state index in [1.165, 1.54) is 0 Å². The van der Waals surface area contributed by atoms with Crippen LogP contribution in [0.3, 0.4) is 0 Å². The van der Waals surface area contributed by atoms with Crippen molar-refractivity contribution < 1.29 is 9.59 Å². The summed E-state index contributed by atoms with van der Waals surface area (Å²) in [5.41, 5.74) is 2.73. The summed E-state index contributed by atoms with van der Waals surface area (Å²) < 4.78 is 2.08. The molecule has 5 heteroatoms. The monoisotopic (exact) mass is 335 g/mol. The molecule has 0 saturated heterocycles. The average molecular weight is 335 g/mol. The normalized spacial score (nSPS) is 10.7. The predicted molar refractivity (Wildman–Crippen MR) is 97.4 cm³/mol. The molecule has 128 valence electrons. The number of imidazole rings is 1. The number of hydrogen-bond acceptors (Lipinski definition) is 3. The SMILES string of the molecule is O=C(CCC(=O)c1ccccc1)NCCCn1cnc2ccccc21. The Morgan fingerprint density at radius 3 is 2.56 bits per heavy atom. The molecule has 0 atom stereocenters. The van der Waals surface area contributed by atoms with Gasteiger partial charge in [-0.1, -0.05) is 42.5 Å². The van der Waals surface area contributed by atoms with Gasteiger partial charge in [-0.15, -0.1) is 0 Å². The lowest BCUT2D eigenvalue weighted by molar-refractivity contribution is -0.121. The molecule has 1 N–H and O–H groups in total. The van der Waals surface area contributed by atoms with Gasteiger partial charge in [-0.3, -0.25) is 9.59 Å². The number of nitrogens with zero attached hydrogens (tertiary/aromatic N) is 2. The molecule has 0 radical (unpaired) electrons. The summed E-state index contributed by atoms with van der Waals surface area (Å²) in [7, 11) is 0. The summed E-state index contributed by atoms with van der Waals surface area (Å²) in [6.07, 6.45) is 3.10. The Kier molecular flexibility index (Phi) is 5.57. The van der Waals surface area contributed by atoms with E-state index < -0.39 is 0 Å². The van der Waals surface area contributed by atoms with Crippen molar-refractivity contribution >= 4 is 22.7 Å². The van der Waals surface area contributed by atoms with Crippen LogP contribution in [0, 0.1) is 0 Å². The Hall–Kier alpha value is -2.95. The van der Waals surface area contributed by atoms with Crippen molar-refractivity contribution in [1.29, 1.82) is 0 Å². The van der Waals surface area contributed by atoms with Crippen molar-refractivity contribution in [3.63, 3.8) is 0 Å². The van der Waals surface area contributed by atoms with E-state index in [0.717, 1.165) is 24.0 Å². The number of amides is 1. The highest BCUT2D eigenvalue weighted by atomic mass is 16.2. The van der Waals surface area contributed by atoms with Gasteiger partial charge in [0.15, 0.2) is 5.78 Å². The second kappa shape index (κ2) is 8.24. The lowest BCUT2D eigenvalue weighted by Gasteiger charge is -2.07. The van der Waals surface area contributed by atoms with Crippen molar-refractivity contribution in [3.05, 3.63) is 66.5 Å². The van der Waals surface area contributed by atoms with Gasteiger partial charge in [0.05, 0.1) is 17.4 Å². The molecule has 0 fully saturated rings. The van der Waals surface area contributed by atoms with Crippen LogP contribution in [-0.4, -0.2) is 27.8 Å². The molecular formula is C20H21N3O2. The zero-order valence-electron chi connectivity index (χ0n) is 14.0. The summed E-state index contributed by atoms with van der Waals surface area (Å²) in [5.74, 6) is -0.0830. The standard InChI is InChI=1S/C20H21N3O2/c24-19(16-7-2-1-3-8-16)11-12-20(25)21-13-6-14-23-15-22-17-9-4-5-10-18(17)23/h1-5,7-10,15H,6,11-14H2,(H,21,25). The minimum absolute atomic E-state index is 0.000588. The number of aromatic nitrogens is 2. The molecule has 0 bridgehead atoms. The first-order chi connectivity index (χ1) is 12.2. The summed E-state index contributed by atoms with van der Waals surface area (Å²) in [6, 6.07) is 17.1. The van der Waals surface area contributed by atoms with Gasteiger partial charge in [0.2, 0.25) is 5.91 Å². The maximum atomic E-state index is 12.0. The Balaban J connectivity index is 1.37. The number of benzene rings is 2. The summed E-state index contributed by atoms with van der Waals surface area (Å²) >= 11 is 0. The largest absolute Gasteiger partial charge is 0.356 e. The number of hydrogen-bond donors (Lipinski definition) is 1. The van der Waals surface area contributed by atoms with Gasteiger partial charge >= 0.3 is 0 Å². The molecule has 0 aliphatic rings. The van der Waals surface area contributed by atoms with E-state index in [-0.39, 0.29) is 24.5 Å². The van der Waals surface area contributed by atoms with Crippen LogP contribution in [-0.2, 0) is 11.3 Å². The molecule has 5 nitrogen and oxygen atoms in total. The minimum Gasteiger partial charge on any atom is -0.356 e. The van der Waals surface area contributed by atoms with E-state index in [0.29, 0.717) is 12.1 Å². The fourth-order valence-electron chi connectivity index (χ4n) is 2.75. The first kappa shape index (κ1) is 16.9. The number of rotatable bonds is 8. The van der Waals surface area contributed by atoms with Gasteiger partial charge in [-0.2, -0.15) is 0 Å². The first-order valence-electron chi connectivity index (χ1n) is 8.49. The van der Waals surface area contributed by atoms with Gasteiger partial charge in [0, 0.05) is 31.5 Å². The van der Waals surface area contributed by atoms with Crippen molar-refractivity contribution in [2.45, 2.75) is 25.8 Å². The minimum atomic E-state index is -0.0835. The van der Waals surface area contributed by atoms with Crippen molar-refractivity contribution in [2.75, 3.05) is 6.54 Å². The van der Waals surface area contributed by atoms with E-state index in [4.69, 9.17) is 0 Å². The van der Waals surface area contributed by atoms with Crippen LogP contribution in [0.25, 0.3) is 11.0 Å². The van der Waals surface area contributed by atoms with Gasteiger partial charge in [-0.25, -0.2) is 4.98 Å². The number of fused-ring (bicyclic) bond motifs is 1. The Morgan fingerprint density at radius 2 is 1.72 bits per heavy atom. The van der Waals surface area contributed by atoms with Gasteiger partial charge in [-0.05, 0) is 18.6 Å². The topological polar surface area (TPSA) is 64.0 Å². The fraction of sp³-hybridized carbons (Fsp3) is 0.250. The van der Waals surface area contributed by atoms with Crippen LogP contribution in [0.2, 0.25) is 0 Å². The molecule has 0 aliphatic carbocycles. The lowest BCUT2D eigenvalue weighted by atomic mass is 10.1. The molecular weight excluding hydrogens is 314 g/mol. The molecule has 0 saturated carbocycles. The average Bonchev–Trinajstić information content (AvgIpc) is 3.07. The zero-order valence-corrected chi connectivity index (χ0v) is 14.0. The van der Waals surface area contributed by atoms with E-state index in [1.807, 2.05) is 48.8 Å². The second-order valence-electron chi connectivity index (χ2n) is 5.92.